The van der Waals surface area contributed by atoms with Gasteiger partial charge in [-0.15, -0.1) is 0 Å². The van der Waals surface area contributed by atoms with Gasteiger partial charge in [0.05, 0.1) is 6.61 Å². The molecule has 2 heterocycles. The van der Waals surface area contributed by atoms with Gasteiger partial charge < -0.3 is 14.8 Å². The molecular formula is C13H17NO2. The van der Waals surface area contributed by atoms with Crippen LogP contribution < -0.4 is 14.8 Å². The Bertz CT molecular complexity index is 372. The molecule has 16 heavy (non-hydrogen) atoms. The molecule has 2 aliphatic rings. The molecule has 3 rings (SSSR count). The lowest BCUT2D eigenvalue weighted by Crippen LogP contribution is -2.34. The van der Waals surface area contributed by atoms with Gasteiger partial charge in [-0.25, -0.2) is 0 Å². The molecule has 0 aromatic heterocycles. The summed E-state index contributed by atoms with van der Waals surface area (Å²) in [6.07, 6.45) is 3.55. The number of hydrogen-bond acceptors (Lipinski definition) is 3. The van der Waals surface area contributed by atoms with Crippen molar-refractivity contribution >= 4 is 0 Å². The zero-order valence-corrected chi connectivity index (χ0v) is 9.37. The van der Waals surface area contributed by atoms with Crippen LogP contribution in [0, 0.1) is 0 Å². The maximum Gasteiger partial charge on any atom is 0.126 e. The molecule has 1 fully saturated rings. The lowest BCUT2D eigenvalue weighted by Gasteiger charge is -2.24. The van der Waals surface area contributed by atoms with Crippen molar-refractivity contribution in [2.75, 3.05) is 19.7 Å². The van der Waals surface area contributed by atoms with Crippen LogP contribution in [0.2, 0.25) is 0 Å². The second-order valence-corrected chi connectivity index (χ2v) is 4.40. The fourth-order valence-electron chi connectivity index (χ4n) is 2.39. The van der Waals surface area contributed by atoms with E-state index < -0.39 is 0 Å². The second kappa shape index (κ2) is 4.34. The van der Waals surface area contributed by atoms with Gasteiger partial charge in [-0.1, -0.05) is 6.07 Å². The molecule has 0 saturated carbocycles. The van der Waals surface area contributed by atoms with Crippen LogP contribution in [0.3, 0.4) is 0 Å². The highest BCUT2D eigenvalue weighted by atomic mass is 16.5. The third kappa shape index (κ3) is 1.87. The Kier molecular flexibility index (Phi) is 2.70. The van der Waals surface area contributed by atoms with Crippen LogP contribution >= 0.6 is 0 Å². The van der Waals surface area contributed by atoms with E-state index in [4.69, 9.17) is 9.47 Å². The van der Waals surface area contributed by atoms with E-state index in [1.165, 1.54) is 5.56 Å². The van der Waals surface area contributed by atoms with Crippen molar-refractivity contribution in [3.63, 3.8) is 0 Å². The minimum Gasteiger partial charge on any atom is -0.493 e. The molecule has 1 saturated heterocycles. The lowest BCUT2D eigenvalue weighted by molar-refractivity contribution is 0.161. The number of benzene rings is 1. The van der Waals surface area contributed by atoms with Crippen molar-refractivity contribution in [2.24, 2.45) is 0 Å². The van der Waals surface area contributed by atoms with Crippen LogP contribution in [-0.2, 0) is 6.42 Å². The first-order valence-corrected chi connectivity index (χ1v) is 6.05. The Labute approximate surface area is 95.8 Å². The molecule has 0 atom stereocenters. The predicted octanol–water partition coefficient (Wildman–Crippen LogP) is 1.75. The minimum atomic E-state index is 0.369. The lowest BCUT2D eigenvalue weighted by atomic mass is 10.1. The minimum absolute atomic E-state index is 0.369. The van der Waals surface area contributed by atoms with E-state index in [9.17, 15) is 0 Å². The van der Waals surface area contributed by atoms with Gasteiger partial charge in [0.15, 0.2) is 0 Å². The van der Waals surface area contributed by atoms with Crippen molar-refractivity contribution in [1.29, 1.82) is 0 Å². The summed E-state index contributed by atoms with van der Waals surface area (Å²) in [7, 11) is 0. The fourth-order valence-corrected chi connectivity index (χ4v) is 2.39. The fraction of sp³-hybridized carbons (Fsp3) is 0.538. The smallest absolute Gasteiger partial charge is 0.126 e. The molecule has 0 amide bonds. The SMILES string of the molecule is c1cc2c(c(OC3CCNCC3)c1)CCO2. The van der Waals surface area contributed by atoms with Crippen LogP contribution in [0.25, 0.3) is 0 Å². The Hall–Kier alpha value is -1.22. The van der Waals surface area contributed by atoms with Gasteiger partial charge in [0, 0.05) is 12.0 Å². The molecule has 3 nitrogen and oxygen atoms in total. The normalized spacial score (nSPS) is 20.2. The summed E-state index contributed by atoms with van der Waals surface area (Å²) in [6, 6.07) is 6.10. The van der Waals surface area contributed by atoms with Crippen LogP contribution in [0.15, 0.2) is 18.2 Å². The van der Waals surface area contributed by atoms with E-state index in [-0.39, 0.29) is 0 Å². The highest BCUT2D eigenvalue weighted by Crippen LogP contribution is 2.34. The number of hydrogen-bond donors (Lipinski definition) is 1. The highest BCUT2D eigenvalue weighted by Gasteiger charge is 2.20. The molecule has 0 aliphatic carbocycles. The number of piperidine rings is 1. The number of rotatable bonds is 2. The van der Waals surface area contributed by atoms with Gasteiger partial charge in [-0.3, -0.25) is 0 Å². The number of nitrogens with one attached hydrogen (secondary N) is 1. The van der Waals surface area contributed by atoms with E-state index in [1.807, 2.05) is 12.1 Å². The molecule has 3 heteroatoms. The van der Waals surface area contributed by atoms with Gasteiger partial charge in [0.25, 0.3) is 0 Å². The van der Waals surface area contributed by atoms with Crippen LogP contribution in [-0.4, -0.2) is 25.8 Å². The summed E-state index contributed by atoms with van der Waals surface area (Å²) in [4.78, 5) is 0. The van der Waals surface area contributed by atoms with E-state index >= 15 is 0 Å². The maximum absolute atomic E-state index is 6.08. The molecule has 86 valence electrons. The molecular weight excluding hydrogens is 202 g/mol. The average molecular weight is 219 g/mol. The Morgan fingerprint density at radius 2 is 2.12 bits per heavy atom. The first-order chi connectivity index (χ1) is 7.93. The van der Waals surface area contributed by atoms with E-state index in [2.05, 4.69) is 11.4 Å². The number of ether oxygens (including phenoxy) is 2. The molecule has 0 radical (unpaired) electrons. The van der Waals surface area contributed by atoms with E-state index in [0.717, 1.165) is 50.5 Å². The largest absolute Gasteiger partial charge is 0.493 e. The Morgan fingerprint density at radius 1 is 1.25 bits per heavy atom. The average Bonchev–Trinajstić information content (AvgIpc) is 2.80. The van der Waals surface area contributed by atoms with E-state index in [1.54, 1.807) is 0 Å². The second-order valence-electron chi connectivity index (χ2n) is 4.40. The summed E-state index contributed by atoms with van der Waals surface area (Å²) in [6.45, 7) is 2.92. The van der Waals surface area contributed by atoms with Gasteiger partial charge >= 0.3 is 0 Å². The summed E-state index contributed by atoms with van der Waals surface area (Å²) in [5.74, 6) is 2.04. The zero-order valence-electron chi connectivity index (χ0n) is 9.37. The van der Waals surface area contributed by atoms with Crippen molar-refractivity contribution in [2.45, 2.75) is 25.4 Å². The van der Waals surface area contributed by atoms with Crippen molar-refractivity contribution in [3.05, 3.63) is 23.8 Å². The molecule has 0 bridgehead atoms. The number of fused-ring (bicyclic) bond motifs is 1. The molecule has 0 spiro atoms. The summed E-state index contributed by atoms with van der Waals surface area (Å²) in [5, 5.41) is 3.35. The van der Waals surface area contributed by atoms with Crippen LogP contribution in [0.4, 0.5) is 0 Å². The molecule has 1 aromatic carbocycles. The van der Waals surface area contributed by atoms with Gasteiger partial charge in [0.1, 0.15) is 17.6 Å². The predicted molar refractivity (Wildman–Crippen MR) is 62.2 cm³/mol. The van der Waals surface area contributed by atoms with Gasteiger partial charge in [0.2, 0.25) is 0 Å². The zero-order chi connectivity index (χ0) is 10.8. The third-order valence-electron chi connectivity index (χ3n) is 3.28. The first kappa shape index (κ1) is 9.97. The van der Waals surface area contributed by atoms with E-state index in [0.29, 0.717) is 6.10 Å². The Morgan fingerprint density at radius 3 is 3.00 bits per heavy atom. The van der Waals surface area contributed by atoms with Gasteiger partial charge in [-0.2, -0.15) is 0 Å². The molecule has 2 aliphatic heterocycles. The summed E-state index contributed by atoms with van der Waals surface area (Å²) < 4.78 is 11.6. The van der Waals surface area contributed by atoms with Gasteiger partial charge in [-0.05, 0) is 38.1 Å². The maximum atomic E-state index is 6.08. The quantitative estimate of drug-likeness (QED) is 0.822. The summed E-state index contributed by atoms with van der Waals surface area (Å²) >= 11 is 0. The Balaban J connectivity index is 1.76. The molecule has 1 N–H and O–H groups in total. The standard InChI is InChI=1S/C13H17NO2/c1-2-12-11(6-9-15-12)13(3-1)16-10-4-7-14-8-5-10/h1-3,10,14H,4-9H2. The molecule has 1 aromatic rings. The van der Waals surface area contributed by atoms with Crippen molar-refractivity contribution < 1.29 is 9.47 Å². The van der Waals surface area contributed by atoms with Crippen molar-refractivity contribution in [3.8, 4) is 11.5 Å². The highest BCUT2D eigenvalue weighted by molar-refractivity contribution is 5.47. The molecule has 0 unspecified atom stereocenters. The van der Waals surface area contributed by atoms with Crippen molar-refractivity contribution in [1.82, 2.24) is 5.32 Å². The summed E-state index contributed by atoms with van der Waals surface area (Å²) in [5.41, 5.74) is 1.25. The van der Waals surface area contributed by atoms with Crippen LogP contribution in [0.5, 0.6) is 11.5 Å². The monoisotopic (exact) mass is 219 g/mol. The first-order valence-electron chi connectivity index (χ1n) is 6.05. The topological polar surface area (TPSA) is 30.5 Å². The third-order valence-corrected chi connectivity index (χ3v) is 3.28. The van der Waals surface area contributed by atoms with Crippen LogP contribution in [0.1, 0.15) is 18.4 Å².